The Morgan fingerprint density at radius 3 is 2.41 bits per heavy atom. The molecule has 2 nitrogen and oxygen atoms in total. The van der Waals surface area contributed by atoms with Crippen LogP contribution in [0.15, 0.2) is 24.3 Å². The van der Waals surface area contributed by atoms with Crippen molar-refractivity contribution in [2.75, 3.05) is 20.1 Å². The van der Waals surface area contributed by atoms with Crippen molar-refractivity contribution in [3.63, 3.8) is 0 Å². The largest absolute Gasteiger partial charge is 0.377 e. The van der Waals surface area contributed by atoms with Crippen molar-refractivity contribution in [2.24, 2.45) is 0 Å². The topological polar surface area (TPSA) is 23.5 Å². The first-order chi connectivity index (χ1) is 8.07. The van der Waals surface area contributed by atoms with Gasteiger partial charge in [-0.15, -0.1) is 0 Å². The summed E-state index contributed by atoms with van der Waals surface area (Å²) in [7, 11) is 2.06. The SMILES string of the molecule is CN1CCC(O)(C#Cc2ccc(Cl)cc2)CC1. The number of halogens is 1. The van der Waals surface area contributed by atoms with Crippen molar-refractivity contribution in [3.8, 4) is 11.8 Å². The van der Waals surface area contributed by atoms with Crippen molar-refractivity contribution in [1.82, 2.24) is 4.90 Å². The standard InChI is InChI=1S/C14H16ClNO/c1-16-10-8-14(17,9-11-16)7-6-12-2-4-13(15)5-3-12/h2-5,17H,8-11H2,1H3. The molecule has 1 aromatic rings. The molecule has 1 saturated heterocycles. The number of aliphatic hydroxyl groups is 1. The summed E-state index contributed by atoms with van der Waals surface area (Å²) in [5.74, 6) is 6.01. The van der Waals surface area contributed by atoms with E-state index in [1.165, 1.54) is 0 Å². The van der Waals surface area contributed by atoms with Crippen LogP contribution in [0.4, 0.5) is 0 Å². The van der Waals surface area contributed by atoms with E-state index in [1.807, 2.05) is 24.3 Å². The predicted molar refractivity (Wildman–Crippen MR) is 70.0 cm³/mol. The Morgan fingerprint density at radius 1 is 1.24 bits per heavy atom. The Hall–Kier alpha value is -1.01. The van der Waals surface area contributed by atoms with Gasteiger partial charge in [0.1, 0.15) is 5.60 Å². The van der Waals surface area contributed by atoms with Gasteiger partial charge < -0.3 is 10.0 Å². The average molecular weight is 250 g/mol. The van der Waals surface area contributed by atoms with E-state index in [0.717, 1.165) is 18.7 Å². The van der Waals surface area contributed by atoms with E-state index in [9.17, 15) is 5.11 Å². The molecule has 1 N–H and O–H groups in total. The molecule has 0 spiro atoms. The fourth-order valence-corrected chi connectivity index (χ4v) is 1.96. The maximum atomic E-state index is 10.3. The third kappa shape index (κ3) is 3.47. The minimum atomic E-state index is -0.827. The molecule has 1 heterocycles. The summed E-state index contributed by atoms with van der Waals surface area (Å²) >= 11 is 5.80. The Kier molecular flexibility index (Phi) is 3.73. The summed E-state index contributed by atoms with van der Waals surface area (Å²) < 4.78 is 0. The van der Waals surface area contributed by atoms with Gasteiger partial charge in [-0.3, -0.25) is 0 Å². The Labute approximate surface area is 107 Å². The fraction of sp³-hybridized carbons (Fsp3) is 0.429. The van der Waals surface area contributed by atoms with Crippen molar-refractivity contribution in [3.05, 3.63) is 34.9 Å². The zero-order chi connectivity index (χ0) is 12.3. The van der Waals surface area contributed by atoms with Crippen LogP contribution in [0.3, 0.4) is 0 Å². The molecule has 2 rings (SSSR count). The highest BCUT2D eigenvalue weighted by Gasteiger charge is 2.28. The van der Waals surface area contributed by atoms with Crippen LogP contribution < -0.4 is 0 Å². The molecule has 1 fully saturated rings. The fourth-order valence-electron chi connectivity index (χ4n) is 1.84. The molecule has 1 aromatic carbocycles. The number of nitrogens with zero attached hydrogens (tertiary/aromatic N) is 1. The summed E-state index contributed by atoms with van der Waals surface area (Å²) in [4.78, 5) is 2.21. The summed E-state index contributed by atoms with van der Waals surface area (Å²) in [6.45, 7) is 1.79. The van der Waals surface area contributed by atoms with Gasteiger partial charge in [-0.2, -0.15) is 0 Å². The van der Waals surface area contributed by atoms with Gasteiger partial charge in [0.15, 0.2) is 0 Å². The Bertz CT molecular complexity index is 436. The van der Waals surface area contributed by atoms with Crippen molar-refractivity contribution < 1.29 is 5.11 Å². The molecule has 0 aliphatic carbocycles. The van der Waals surface area contributed by atoms with E-state index in [2.05, 4.69) is 23.8 Å². The number of hydrogen-bond acceptors (Lipinski definition) is 2. The normalized spacial score (nSPS) is 19.5. The van der Waals surface area contributed by atoms with Crippen molar-refractivity contribution >= 4 is 11.6 Å². The van der Waals surface area contributed by atoms with E-state index in [-0.39, 0.29) is 0 Å². The lowest BCUT2D eigenvalue weighted by molar-refractivity contribution is 0.0350. The maximum absolute atomic E-state index is 10.3. The Balaban J connectivity index is 2.08. The smallest absolute Gasteiger partial charge is 0.128 e. The van der Waals surface area contributed by atoms with E-state index in [1.54, 1.807) is 0 Å². The van der Waals surface area contributed by atoms with E-state index in [4.69, 9.17) is 11.6 Å². The number of rotatable bonds is 0. The van der Waals surface area contributed by atoms with Crippen molar-refractivity contribution in [1.29, 1.82) is 0 Å². The molecule has 1 aliphatic rings. The maximum Gasteiger partial charge on any atom is 0.128 e. The lowest BCUT2D eigenvalue weighted by Crippen LogP contribution is -2.41. The highest BCUT2D eigenvalue weighted by atomic mass is 35.5. The van der Waals surface area contributed by atoms with Crippen molar-refractivity contribution in [2.45, 2.75) is 18.4 Å². The number of hydrogen-bond donors (Lipinski definition) is 1. The second-order valence-corrected chi connectivity index (χ2v) is 5.03. The number of piperidine rings is 1. The first-order valence-electron chi connectivity index (χ1n) is 5.77. The quantitative estimate of drug-likeness (QED) is 0.713. The van der Waals surface area contributed by atoms with E-state index >= 15 is 0 Å². The second-order valence-electron chi connectivity index (χ2n) is 4.59. The van der Waals surface area contributed by atoms with Gasteiger partial charge in [-0.1, -0.05) is 23.4 Å². The van der Waals surface area contributed by atoms with Crippen LogP contribution in [-0.2, 0) is 0 Å². The van der Waals surface area contributed by atoms with Crippen LogP contribution in [-0.4, -0.2) is 35.7 Å². The van der Waals surface area contributed by atoms with Gasteiger partial charge in [-0.05, 0) is 31.3 Å². The molecule has 0 atom stereocenters. The molecular formula is C14H16ClNO. The highest BCUT2D eigenvalue weighted by molar-refractivity contribution is 6.30. The van der Waals surface area contributed by atoms with Gasteiger partial charge in [-0.25, -0.2) is 0 Å². The lowest BCUT2D eigenvalue weighted by atomic mass is 9.92. The molecule has 0 bridgehead atoms. The van der Waals surface area contributed by atoms with Crippen LogP contribution >= 0.6 is 11.6 Å². The van der Waals surface area contributed by atoms with Crippen LogP contribution in [0.2, 0.25) is 5.02 Å². The van der Waals surface area contributed by atoms with Crippen LogP contribution in [0, 0.1) is 11.8 Å². The molecule has 0 unspecified atom stereocenters. The molecule has 90 valence electrons. The molecule has 17 heavy (non-hydrogen) atoms. The monoisotopic (exact) mass is 249 g/mol. The molecule has 0 radical (unpaired) electrons. The molecule has 0 aromatic heterocycles. The van der Waals surface area contributed by atoms with E-state index in [0.29, 0.717) is 17.9 Å². The first kappa shape index (κ1) is 12.4. The first-order valence-corrected chi connectivity index (χ1v) is 6.15. The van der Waals surface area contributed by atoms with E-state index < -0.39 is 5.60 Å². The average Bonchev–Trinajstić information content (AvgIpc) is 2.33. The van der Waals surface area contributed by atoms with Crippen LogP contribution in [0.1, 0.15) is 18.4 Å². The molecule has 0 saturated carbocycles. The summed E-state index contributed by atoms with van der Waals surface area (Å²) in [5, 5.41) is 11.0. The summed E-state index contributed by atoms with van der Waals surface area (Å²) in [6.07, 6.45) is 1.42. The molecular weight excluding hydrogens is 234 g/mol. The third-order valence-corrected chi connectivity index (χ3v) is 3.35. The highest BCUT2D eigenvalue weighted by Crippen LogP contribution is 2.20. The van der Waals surface area contributed by atoms with Crippen LogP contribution in [0.5, 0.6) is 0 Å². The lowest BCUT2D eigenvalue weighted by Gasteiger charge is -2.32. The second kappa shape index (κ2) is 5.10. The minimum Gasteiger partial charge on any atom is -0.377 e. The van der Waals surface area contributed by atoms with Gasteiger partial charge in [0.05, 0.1) is 0 Å². The zero-order valence-electron chi connectivity index (χ0n) is 9.91. The van der Waals surface area contributed by atoms with Gasteiger partial charge in [0.25, 0.3) is 0 Å². The third-order valence-electron chi connectivity index (χ3n) is 3.10. The summed E-state index contributed by atoms with van der Waals surface area (Å²) in [6, 6.07) is 7.36. The number of benzene rings is 1. The number of likely N-dealkylation sites (tertiary alicyclic amines) is 1. The van der Waals surface area contributed by atoms with Gasteiger partial charge >= 0.3 is 0 Å². The predicted octanol–water partition coefficient (Wildman–Crippen LogP) is 2.15. The van der Waals surface area contributed by atoms with Crippen LogP contribution in [0.25, 0.3) is 0 Å². The van der Waals surface area contributed by atoms with Gasteiger partial charge in [0.2, 0.25) is 0 Å². The Morgan fingerprint density at radius 2 is 1.82 bits per heavy atom. The molecule has 1 aliphatic heterocycles. The minimum absolute atomic E-state index is 0.702. The molecule has 0 amide bonds. The summed E-state index contributed by atoms with van der Waals surface area (Å²) in [5.41, 5.74) is 0.0633. The zero-order valence-corrected chi connectivity index (χ0v) is 10.7. The van der Waals surface area contributed by atoms with Gasteiger partial charge in [0, 0.05) is 36.5 Å². The molecule has 3 heteroatoms.